The molecule has 1 saturated carbocycles. The molecule has 92 valence electrons. The Hall–Kier alpha value is -2.15. The molecule has 1 heterocycles. The van der Waals surface area contributed by atoms with E-state index >= 15 is 0 Å². The van der Waals surface area contributed by atoms with Crippen LogP contribution in [-0.4, -0.2) is 12.3 Å². The van der Waals surface area contributed by atoms with Crippen LogP contribution in [0, 0.1) is 5.92 Å². The Morgan fingerprint density at radius 2 is 1.37 bits per heavy atom. The van der Waals surface area contributed by atoms with Gasteiger partial charge in [-0.3, -0.25) is 4.99 Å². The summed E-state index contributed by atoms with van der Waals surface area (Å²) in [5.41, 5.74) is 3.90. The van der Waals surface area contributed by atoms with E-state index in [4.69, 9.17) is 0 Å². The molecule has 2 unspecified atom stereocenters. The van der Waals surface area contributed by atoms with Gasteiger partial charge in [-0.15, -0.1) is 0 Å². The zero-order chi connectivity index (χ0) is 12.9. The summed E-state index contributed by atoms with van der Waals surface area (Å²) in [6.07, 6.45) is 1.94. The predicted molar refractivity (Wildman–Crippen MR) is 78.6 cm³/mol. The second-order valence-electron chi connectivity index (χ2n) is 5.38. The maximum atomic E-state index is 4.67. The molecular formula is C18H15N. The summed E-state index contributed by atoms with van der Waals surface area (Å²) in [6, 6.07) is 21.8. The van der Waals surface area contributed by atoms with Crippen molar-refractivity contribution in [3.63, 3.8) is 0 Å². The van der Waals surface area contributed by atoms with Gasteiger partial charge in [0.2, 0.25) is 0 Å². The molecular weight excluding hydrogens is 230 g/mol. The molecule has 1 aliphatic heterocycles. The van der Waals surface area contributed by atoms with Crippen LogP contribution in [0.15, 0.2) is 77.8 Å². The maximum absolute atomic E-state index is 4.67. The third-order valence-electron chi connectivity index (χ3n) is 4.47. The van der Waals surface area contributed by atoms with Crippen molar-refractivity contribution in [3.05, 3.63) is 83.9 Å². The summed E-state index contributed by atoms with van der Waals surface area (Å²) in [6.45, 7) is 4.17. The van der Waals surface area contributed by atoms with Gasteiger partial charge in [0.25, 0.3) is 0 Å². The molecule has 1 aliphatic carbocycles. The highest BCUT2D eigenvalue weighted by Crippen LogP contribution is 2.65. The minimum atomic E-state index is 0.0222. The standard InChI is InChI=1S/C18H15N/c1-13-12-19-17-16(13)18(17,14-8-4-2-5-9-14)15-10-6-3-7-11-15/h2-12,16-17H,1H2. The smallest absolute Gasteiger partial charge is 0.0724 e. The number of benzene rings is 2. The van der Waals surface area contributed by atoms with Gasteiger partial charge in [0, 0.05) is 12.1 Å². The molecule has 2 atom stereocenters. The molecule has 1 nitrogen and oxygen atoms in total. The third kappa shape index (κ3) is 1.27. The largest absolute Gasteiger partial charge is 0.288 e. The molecule has 0 saturated heterocycles. The zero-order valence-corrected chi connectivity index (χ0v) is 10.7. The first-order valence-electron chi connectivity index (χ1n) is 6.68. The van der Waals surface area contributed by atoms with Crippen LogP contribution in [0.2, 0.25) is 0 Å². The van der Waals surface area contributed by atoms with Crippen molar-refractivity contribution in [1.29, 1.82) is 0 Å². The van der Waals surface area contributed by atoms with Gasteiger partial charge in [-0.2, -0.15) is 0 Å². The first-order valence-corrected chi connectivity index (χ1v) is 6.68. The minimum absolute atomic E-state index is 0.0222. The van der Waals surface area contributed by atoms with Crippen molar-refractivity contribution in [2.45, 2.75) is 11.5 Å². The Labute approximate surface area is 113 Å². The minimum Gasteiger partial charge on any atom is -0.288 e. The summed E-state index contributed by atoms with van der Waals surface area (Å²) in [5, 5.41) is 0. The highest BCUT2D eigenvalue weighted by atomic mass is 15.0. The first kappa shape index (κ1) is 10.7. The molecule has 2 aliphatic rings. The molecule has 4 rings (SSSR count). The average molecular weight is 245 g/mol. The lowest BCUT2D eigenvalue weighted by molar-refractivity contribution is 0.758. The van der Waals surface area contributed by atoms with Crippen molar-refractivity contribution in [2.75, 3.05) is 0 Å². The molecule has 2 aromatic rings. The number of aliphatic imine (C=N–C) groups is 1. The van der Waals surface area contributed by atoms with Gasteiger partial charge < -0.3 is 0 Å². The van der Waals surface area contributed by atoms with Crippen LogP contribution in [0.5, 0.6) is 0 Å². The van der Waals surface area contributed by atoms with E-state index in [9.17, 15) is 0 Å². The number of nitrogens with zero attached hydrogens (tertiary/aromatic N) is 1. The van der Waals surface area contributed by atoms with Crippen molar-refractivity contribution < 1.29 is 0 Å². The topological polar surface area (TPSA) is 12.4 Å². The molecule has 0 bridgehead atoms. The molecule has 1 heteroatoms. The quantitative estimate of drug-likeness (QED) is 0.766. The Morgan fingerprint density at radius 1 is 0.842 bits per heavy atom. The molecule has 1 fully saturated rings. The van der Waals surface area contributed by atoms with E-state index in [0.29, 0.717) is 12.0 Å². The van der Waals surface area contributed by atoms with Gasteiger partial charge in [-0.05, 0) is 16.7 Å². The fourth-order valence-corrected chi connectivity index (χ4v) is 3.62. The van der Waals surface area contributed by atoms with Crippen LogP contribution in [0.1, 0.15) is 11.1 Å². The zero-order valence-electron chi connectivity index (χ0n) is 10.7. The fraction of sp³-hybridized carbons (Fsp3) is 0.167. The second kappa shape index (κ2) is 3.67. The van der Waals surface area contributed by atoms with Gasteiger partial charge in [-0.25, -0.2) is 0 Å². The van der Waals surface area contributed by atoms with E-state index in [1.165, 1.54) is 11.1 Å². The van der Waals surface area contributed by atoms with Crippen molar-refractivity contribution in [1.82, 2.24) is 0 Å². The summed E-state index contributed by atoms with van der Waals surface area (Å²) in [5.74, 6) is 0.442. The molecule has 0 aromatic heterocycles. The van der Waals surface area contributed by atoms with Gasteiger partial charge >= 0.3 is 0 Å². The third-order valence-corrected chi connectivity index (χ3v) is 4.47. The van der Waals surface area contributed by atoms with E-state index in [-0.39, 0.29) is 5.41 Å². The lowest BCUT2D eigenvalue weighted by Gasteiger charge is -2.20. The van der Waals surface area contributed by atoms with E-state index < -0.39 is 0 Å². The van der Waals surface area contributed by atoms with E-state index in [2.05, 4.69) is 72.2 Å². The Morgan fingerprint density at radius 3 is 1.79 bits per heavy atom. The monoisotopic (exact) mass is 245 g/mol. The SMILES string of the molecule is C=C1C=NC2C1C2(c1ccccc1)c1ccccc1. The van der Waals surface area contributed by atoms with Crippen LogP contribution in [-0.2, 0) is 5.41 Å². The van der Waals surface area contributed by atoms with Crippen LogP contribution in [0.3, 0.4) is 0 Å². The average Bonchev–Trinajstić information content (AvgIpc) is 3.02. The fourth-order valence-electron chi connectivity index (χ4n) is 3.62. The Kier molecular flexibility index (Phi) is 2.08. The highest BCUT2D eigenvalue weighted by Gasteiger charge is 2.69. The van der Waals surface area contributed by atoms with Crippen molar-refractivity contribution in [2.24, 2.45) is 10.9 Å². The molecule has 19 heavy (non-hydrogen) atoms. The molecule has 0 N–H and O–H groups in total. The summed E-state index contributed by atoms with van der Waals surface area (Å²) < 4.78 is 0. The van der Waals surface area contributed by atoms with Gasteiger partial charge in [0.15, 0.2) is 0 Å². The van der Waals surface area contributed by atoms with Crippen molar-refractivity contribution >= 4 is 6.21 Å². The van der Waals surface area contributed by atoms with Crippen LogP contribution in [0.25, 0.3) is 0 Å². The number of rotatable bonds is 2. The number of hydrogen-bond donors (Lipinski definition) is 0. The molecule has 0 spiro atoms. The summed E-state index contributed by atoms with van der Waals surface area (Å²) >= 11 is 0. The molecule has 0 amide bonds. The first-order chi connectivity index (χ1) is 9.35. The predicted octanol–water partition coefficient (Wildman–Crippen LogP) is 3.61. The van der Waals surface area contributed by atoms with Crippen molar-refractivity contribution in [3.8, 4) is 0 Å². The van der Waals surface area contributed by atoms with E-state index in [0.717, 1.165) is 5.57 Å². The van der Waals surface area contributed by atoms with Crippen LogP contribution in [0.4, 0.5) is 0 Å². The summed E-state index contributed by atoms with van der Waals surface area (Å²) in [4.78, 5) is 4.67. The molecule has 0 radical (unpaired) electrons. The van der Waals surface area contributed by atoms with Gasteiger partial charge in [-0.1, -0.05) is 67.2 Å². The maximum Gasteiger partial charge on any atom is 0.0724 e. The lowest BCUT2D eigenvalue weighted by atomic mass is 9.83. The molecule has 2 aromatic carbocycles. The highest BCUT2D eigenvalue weighted by molar-refractivity contribution is 5.87. The number of fused-ring (bicyclic) bond motifs is 1. The second-order valence-corrected chi connectivity index (χ2v) is 5.38. The number of hydrogen-bond acceptors (Lipinski definition) is 1. The van der Waals surface area contributed by atoms with Gasteiger partial charge in [0.05, 0.1) is 11.5 Å². The Balaban J connectivity index is 1.93. The summed E-state index contributed by atoms with van der Waals surface area (Å²) in [7, 11) is 0. The van der Waals surface area contributed by atoms with Crippen LogP contribution >= 0.6 is 0 Å². The lowest BCUT2D eigenvalue weighted by Crippen LogP contribution is -2.17. The Bertz CT molecular complexity index is 615. The van der Waals surface area contributed by atoms with E-state index in [1.807, 2.05) is 6.21 Å². The van der Waals surface area contributed by atoms with E-state index in [1.54, 1.807) is 0 Å². The normalized spacial score (nSPS) is 26.2. The van der Waals surface area contributed by atoms with Crippen LogP contribution < -0.4 is 0 Å². The van der Waals surface area contributed by atoms with Gasteiger partial charge in [0.1, 0.15) is 0 Å².